The molecule has 0 bridgehead atoms. The first-order chi connectivity index (χ1) is 14.2. The lowest BCUT2D eigenvalue weighted by Gasteiger charge is -2.43. The van der Waals surface area contributed by atoms with Crippen LogP contribution in [-0.2, 0) is 4.79 Å². The third kappa shape index (κ3) is 2.75. The average molecular weight is 428 g/mol. The molecular weight excluding hydrogens is 411 g/mol. The van der Waals surface area contributed by atoms with Crippen molar-refractivity contribution in [2.75, 3.05) is 9.80 Å². The van der Waals surface area contributed by atoms with Crippen LogP contribution in [0.4, 0.5) is 15.8 Å². The fraction of sp³-hybridized carbons (Fsp3) is 0.250. The van der Waals surface area contributed by atoms with Gasteiger partial charge in [-0.15, -0.1) is 0 Å². The highest BCUT2D eigenvalue weighted by molar-refractivity contribution is 7.81. The lowest BCUT2D eigenvalue weighted by Crippen LogP contribution is -2.55. The van der Waals surface area contributed by atoms with Gasteiger partial charge in [0.2, 0.25) is 0 Å². The van der Waals surface area contributed by atoms with Gasteiger partial charge in [0.05, 0.1) is 17.4 Å². The molecule has 0 unspecified atom stereocenters. The van der Waals surface area contributed by atoms with Gasteiger partial charge in [0.25, 0.3) is 11.8 Å². The van der Waals surface area contributed by atoms with Crippen LogP contribution in [0.15, 0.2) is 30.5 Å². The van der Waals surface area contributed by atoms with E-state index in [1.54, 1.807) is 17.9 Å². The van der Waals surface area contributed by atoms with E-state index in [1.807, 2.05) is 0 Å². The van der Waals surface area contributed by atoms with Crippen LogP contribution < -0.4 is 15.5 Å². The Kier molecular flexibility index (Phi) is 4.53. The maximum Gasteiger partial charge on any atom is 0.338 e. The van der Waals surface area contributed by atoms with Crippen molar-refractivity contribution in [3.05, 3.63) is 53.1 Å². The number of aromatic carboxylic acids is 1. The van der Waals surface area contributed by atoms with E-state index in [9.17, 15) is 23.9 Å². The first kappa shape index (κ1) is 19.9. The first-order valence-electron chi connectivity index (χ1n) is 9.15. The number of nitrogens with zero attached hydrogens (tertiary/aromatic N) is 3. The molecule has 3 N–H and O–H groups in total. The number of anilines is 2. The lowest BCUT2D eigenvalue weighted by atomic mass is 9.75. The van der Waals surface area contributed by atoms with Crippen LogP contribution in [0.2, 0.25) is 0 Å². The molecule has 8 nitrogen and oxygen atoms in total. The molecule has 2 aliphatic rings. The van der Waals surface area contributed by atoms with E-state index in [2.05, 4.69) is 4.98 Å². The number of rotatable bonds is 4. The van der Waals surface area contributed by atoms with Crippen LogP contribution >= 0.6 is 12.2 Å². The number of pyridine rings is 1. The second-order valence-electron chi connectivity index (χ2n) is 7.34. The standard InChI is InChI=1S/C20H17FN4O4S/c1-10-7-12(9-23-15(10)16(22)26)24-18(29)20(5-2-6-20)25(19(24)30)11-3-4-14(21)13(8-11)17(27)28/h3-4,7-9H,2,5-6H2,1H3,(H2,22,26)(H,27,28). The molecule has 2 aromatic rings. The molecule has 2 amide bonds. The highest BCUT2D eigenvalue weighted by Crippen LogP contribution is 2.48. The van der Waals surface area contributed by atoms with Gasteiger partial charge < -0.3 is 15.7 Å². The average Bonchev–Trinajstić information content (AvgIpc) is 2.88. The van der Waals surface area contributed by atoms with Crippen molar-refractivity contribution in [1.82, 2.24) is 4.98 Å². The number of thiocarbonyl (C=S) groups is 1. The minimum Gasteiger partial charge on any atom is -0.478 e. The second-order valence-corrected chi connectivity index (χ2v) is 7.70. The van der Waals surface area contributed by atoms with Gasteiger partial charge in [0, 0.05) is 5.69 Å². The number of hydrogen-bond acceptors (Lipinski definition) is 5. The molecular formula is C20H17FN4O4S. The normalized spacial score (nSPS) is 17.4. The van der Waals surface area contributed by atoms with Crippen LogP contribution in [0.25, 0.3) is 0 Å². The number of primary amides is 1. The molecule has 1 aromatic carbocycles. The number of carbonyl (C=O) groups is 3. The number of carboxylic acids is 1. The quantitative estimate of drug-likeness (QED) is 0.718. The number of halogens is 1. The van der Waals surface area contributed by atoms with Crippen LogP contribution in [-0.4, -0.2) is 38.5 Å². The third-order valence-corrected chi connectivity index (χ3v) is 5.95. The Morgan fingerprint density at radius 2 is 1.97 bits per heavy atom. The Bertz CT molecular complexity index is 1130. The zero-order valence-electron chi connectivity index (χ0n) is 15.9. The fourth-order valence-electron chi connectivity index (χ4n) is 3.96. The molecule has 2 heterocycles. The van der Waals surface area contributed by atoms with E-state index < -0.39 is 28.8 Å². The topological polar surface area (TPSA) is 117 Å². The van der Waals surface area contributed by atoms with Gasteiger partial charge >= 0.3 is 5.97 Å². The molecule has 4 rings (SSSR count). The van der Waals surface area contributed by atoms with E-state index in [0.29, 0.717) is 29.8 Å². The molecule has 10 heteroatoms. The monoisotopic (exact) mass is 428 g/mol. The van der Waals surface area contributed by atoms with E-state index in [-0.39, 0.29) is 16.7 Å². The zero-order chi connectivity index (χ0) is 21.8. The summed E-state index contributed by atoms with van der Waals surface area (Å²) in [5, 5.41) is 9.40. The van der Waals surface area contributed by atoms with Crippen LogP contribution in [0.1, 0.15) is 45.7 Å². The van der Waals surface area contributed by atoms with Crippen LogP contribution in [0.5, 0.6) is 0 Å². The highest BCUT2D eigenvalue weighted by Gasteiger charge is 2.59. The van der Waals surface area contributed by atoms with Crippen molar-refractivity contribution in [2.24, 2.45) is 5.73 Å². The molecule has 1 saturated carbocycles. The lowest BCUT2D eigenvalue weighted by molar-refractivity contribution is -0.123. The van der Waals surface area contributed by atoms with Gasteiger partial charge in [-0.1, -0.05) is 0 Å². The summed E-state index contributed by atoms with van der Waals surface area (Å²) in [5.41, 5.74) is 5.13. The second kappa shape index (κ2) is 6.84. The van der Waals surface area contributed by atoms with Gasteiger partial charge in [-0.2, -0.15) is 0 Å². The number of hydrogen-bond donors (Lipinski definition) is 2. The number of aryl methyl sites for hydroxylation is 1. The summed E-state index contributed by atoms with van der Waals surface area (Å²) in [6.07, 6.45) is 3.19. The number of nitrogens with two attached hydrogens (primary N) is 1. The summed E-state index contributed by atoms with van der Waals surface area (Å²) in [7, 11) is 0. The van der Waals surface area contributed by atoms with Crippen LogP contribution in [0.3, 0.4) is 0 Å². The predicted octanol–water partition coefficient (Wildman–Crippen LogP) is 2.39. The molecule has 1 aliphatic heterocycles. The van der Waals surface area contributed by atoms with Gasteiger partial charge in [-0.05, 0) is 68.2 Å². The first-order valence-corrected chi connectivity index (χ1v) is 9.56. The molecule has 30 heavy (non-hydrogen) atoms. The number of amides is 2. The van der Waals surface area contributed by atoms with Gasteiger partial charge in [0.15, 0.2) is 5.11 Å². The van der Waals surface area contributed by atoms with E-state index in [0.717, 1.165) is 12.5 Å². The van der Waals surface area contributed by atoms with Gasteiger partial charge in [-0.3, -0.25) is 14.5 Å². The molecule has 0 atom stereocenters. The minimum atomic E-state index is -1.41. The SMILES string of the molecule is Cc1cc(N2C(=O)C3(CCC3)N(c3ccc(F)c(C(=O)O)c3)C2=S)cnc1C(N)=O. The molecule has 1 saturated heterocycles. The Hall–Kier alpha value is -3.40. The highest BCUT2D eigenvalue weighted by atomic mass is 32.1. The third-order valence-electron chi connectivity index (χ3n) is 5.59. The molecule has 0 radical (unpaired) electrons. The van der Waals surface area contributed by atoms with Crippen LogP contribution in [0, 0.1) is 12.7 Å². The van der Waals surface area contributed by atoms with Crippen molar-refractivity contribution >= 4 is 46.5 Å². The van der Waals surface area contributed by atoms with Crippen molar-refractivity contribution in [3.63, 3.8) is 0 Å². The molecule has 154 valence electrons. The van der Waals surface area contributed by atoms with Crippen molar-refractivity contribution in [2.45, 2.75) is 31.7 Å². The summed E-state index contributed by atoms with van der Waals surface area (Å²) in [4.78, 5) is 43.2. The Labute approximate surface area is 176 Å². The number of benzene rings is 1. The maximum absolute atomic E-state index is 13.9. The maximum atomic E-state index is 13.9. The fourth-order valence-corrected chi connectivity index (χ4v) is 4.43. The summed E-state index contributed by atoms with van der Waals surface area (Å²) >= 11 is 5.59. The van der Waals surface area contributed by atoms with Gasteiger partial charge in [0.1, 0.15) is 17.1 Å². The smallest absolute Gasteiger partial charge is 0.338 e. The Balaban J connectivity index is 1.81. The minimum absolute atomic E-state index is 0.0937. The molecule has 2 fully saturated rings. The van der Waals surface area contributed by atoms with E-state index >= 15 is 0 Å². The summed E-state index contributed by atoms with van der Waals surface area (Å²) in [5.74, 6) is -3.23. The molecule has 1 spiro atoms. The largest absolute Gasteiger partial charge is 0.478 e. The Morgan fingerprint density at radius 1 is 1.27 bits per heavy atom. The summed E-state index contributed by atoms with van der Waals surface area (Å²) in [6, 6.07) is 5.24. The number of aromatic nitrogens is 1. The number of carboxylic acid groups (broad SMARTS) is 1. The molecule has 1 aromatic heterocycles. The molecule has 1 aliphatic carbocycles. The zero-order valence-corrected chi connectivity index (χ0v) is 16.7. The van der Waals surface area contributed by atoms with Gasteiger partial charge in [-0.25, -0.2) is 14.2 Å². The predicted molar refractivity (Wildman–Crippen MR) is 110 cm³/mol. The Morgan fingerprint density at radius 3 is 2.50 bits per heavy atom. The van der Waals surface area contributed by atoms with Crippen molar-refractivity contribution in [1.29, 1.82) is 0 Å². The van der Waals surface area contributed by atoms with Crippen molar-refractivity contribution in [3.8, 4) is 0 Å². The van der Waals surface area contributed by atoms with E-state index in [1.165, 1.54) is 23.2 Å². The van der Waals surface area contributed by atoms with E-state index in [4.69, 9.17) is 18.0 Å². The number of carbonyl (C=O) groups excluding carboxylic acids is 2. The van der Waals surface area contributed by atoms with Crippen molar-refractivity contribution < 1.29 is 23.9 Å². The summed E-state index contributed by atoms with van der Waals surface area (Å²) in [6.45, 7) is 1.65. The summed E-state index contributed by atoms with van der Waals surface area (Å²) < 4.78 is 13.9.